The van der Waals surface area contributed by atoms with Crippen molar-refractivity contribution in [1.82, 2.24) is 9.36 Å². The minimum absolute atomic E-state index is 0.0977. The second-order valence-electron chi connectivity index (χ2n) is 3.70. The van der Waals surface area contributed by atoms with E-state index >= 15 is 0 Å². The normalized spacial score (nSPS) is 9.85. The largest absolute Gasteiger partial charge is 0.493 e. The third kappa shape index (κ3) is 5.21. The van der Waals surface area contributed by atoms with Gasteiger partial charge in [-0.1, -0.05) is 23.6 Å². The van der Waals surface area contributed by atoms with Crippen LogP contribution in [0.2, 0.25) is 0 Å². The van der Waals surface area contributed by atoms with Crippen LogP contribution in [0.1, 0.15) is 12.0 Å². The topological polar surface area (TPSA) is 55.2 Å². The fourth-order valence-corrected chi connectivity index (χ4v) is 2.70. The monoisotopic (exact) mass is 306 g/mol. The number of ether oxygens (including phenoxy) is 1. The van der Waals surface area contributed by atoms with Crippen molar-refractivity contribution in [2.45, 2.75) is 10.8 Å². The number of hydrogen-bond donors (Lipinski definition) is 1. The van der Waals surface area contributed by atoms with Gasteiger partial charge in [0.15, 0.2) is 4.34 Å². The Kier molecular flexibility index (Phi) is 6.38. The summed E-state index contributed by atoms with van der Waals surface area (Å²) in [6.07, 6.45) is 2.06. The molecule has 1 aromatic heterocycles. The number of thioether (sulfide) groups is 1. The van der Waals surface area contributed by atoms with E-state index in [2.05, 4.69) is 21.2 Å². The van der Waals surface area contributed by atoms with E-state index in [4.69, 9.17) is 9.84 Å². The molecule has 2 aromatic rings. The van der Waals surface area contributed by atoms with Gasteiger partial charge in [0.25, 0.3) is 0 Å². The lowest BCUT2D eigenvalue weighted by Crippen LogP contribution is -1.99. The van der Waals surface area contributed by atoms with Crippen molar-refractivity contribution in [2.24, 2.45) is 0 Å². The van der Waals surface area contributed by atoms with E-state index in [1.54, 1.807) is 18.1 Å². The van der Waals surface area contributed by atoms with Gasteiger partial charge in [-0.3, -0.25) is 0 Å². The minimum atomic E-state index is 0.0977. The summed E-state index contributed by atoms with van der Waals surface area (Å²) in [6.45, 7) is 0.722. The number of aromatic nitrogens is 2. The molecule has 1 N–H and O–H groups in total. The Bertz CT molecular complexity index is 559. The molecule has 4 nitrogen and oxygen atoms in total. The average molecular weight is 306 g/mol. The summed E-state index contributed by atoms with van der Waals surface area (Å²) in [5.74, 6) is 7.53. The van der Waals surface area contributed by atoms with Crippen LogP contribution in [0.15, 0.2) is 34.9 Å². The summed E-state index contributed by atoms with van der Waals surface area (Å²) >= 11 is 3.03. The highest BCUT2D eigenvalue weighted by Gasteiger charge is 1.98. The molecule has 6 heteroatoms. The summed E-state index contributed by atoms with van der Waals surface area (Å²) < 4.78 is 10.5. The Hall–Kier alpha value is -1.55. The van der Waals surface area contributed by atoms with Crippen molar-refractivity contribution in [1.29, 1.82) is 0 Å². The van der Waals surface area contributed by atoms with E-state index in [1.165, 1.54) is 11.5 Å². The van der Waals surface area contributed by atoms with Gasteiger partial charge in [-0.15, -0.1) is 0 Å². The fraction of sp³-hybridized carbons (Fsp3) is 0.286. The number of benzene rings is 1. The number of nitrogens with zero attached hydrogens (tertiary/aromatic N) is 2. The molecule has 0 saturated heterocycles. The van der Waals surface area contributed by atoms with Crippen LogP contribution in [0.4, 0.5) is 0 Å². The maximum Gasteiger partial charge on any atom is 0.169 e. The van der Waals surface area contributed by atoms with Crippen molar-refractivity contribution in [2.75, 3.05) is 19.0 Å². The van der Waals surface area contributed by atoms with Crippen LogP contribution in [0.3, 0.4) is 0 Å². The number of aliphatic hydroxyl groups is 1. The predicted molar refractivity (Wildman–Crippen MR) is 81.2 cm³/mol. The van der Waals surface area contributed by atoms with Crippen molar-refractivity contribution in [3.63, 3.8) is 0 Å². The number of aliphatic hydroxyl groups excluding tert-OH is 1. The lowest BCUT2D eigenvalue weighted by molar-refractivity contribution is 0.305. The van der Waals surface area contributed by atoms with E-state index in [1.807, 2.05) is 24.3 Å². The molecular weight excluding hydrogens is 292 g/mol. The lowest BCUT2D eigenvalue weighted by atomic mass is 10.2. The molecule has 0 aliphatic carbocycles. The van der Waals surface area contributed by atoms with Gasteiger partial charge in [0.1, 0.15) is 12.1 Å². The zero-order valence-corrected chi connectivity index (χ0v) is 12.4. The van der Waals surface area contributed by atoms with E-state index in [0.717, 1.165) is 21.4 Å². The molecule has 0 unspecified atom stereocenters. The molecule has 0 atom stereocenters. The van der Waals surface area contributed by atoms with Gasteiger partial charge in [0, 0.05) is 17.7 Å². The zero-order chi connectivity index (χ0) is 14.0. The quantitative estimate of drug-likeness (QED) is 0.505. The maximum absolute atomic E-state index is 8.65. The van der Waals surface area contributed by atoms with Crippen LogP contribution in [0.5, 0.6) is 5.75 Å². The van der Waals surface area contributed by atoms with Gasteiger partial charge in [-0.2, -0.15) is 4.37 Å². The smallest absolute Gasteiger partial charge is 0.169 e. The molecule has 0 spiro atoms. The van der Waals surface area contributed by atoms with E-state index < -0.39 is 0 Å². The van der Waals surface area contributed by atoms with E-state index in [-0.39, 0.29) is 6.61 Å². The first-order valence-electron chi connectivity index (χ1n) is 6.10. The van der Waals surface area contributed by atoms with Gasteiger partial charge < -0.3 is 9.84 Å². The highest BCUT2D eigenvalue weighted by molar-refractivity contribution is 8.00. The summed E-state index contributed by atoms with van der Waals surface area (Å²) in [7, 11) is 0. The molecule has 104 valence electrons. The van der Waals surface area contributed by atoms with Crippen LogP contribution >= 0.6 is 23.3 Å². The van der Waals surface area contributed by atoms with Crippen molar-refractivity contribution in [3.05, 3.63) is 36.2 Å². The minimum Gasteiger partial charge on any atom is -0.493 e. The Morgan fingerprint density at radius 1 is 1.30 bits per heavy atom. The van der Waals surface area contributed by atoms with Crippen LogP contribution in [-0.2, 0) is 0 Å². The predicted octanol–water partition coefficient (Wildman–Crippen LogP) is 2.44. The number of hydrogen-bond acceptors (Lipinski definition) is 6. The standard InChI is InChI=1S/C14H14N2O2S2/c17-8-2-1-3-12-4-6-13(7-5-12)18-9-10-19-14-15-11-16-20-14/h4-7,11,17H,2,8-10H2. The average Bonchev–Trinajstić information content (AvgIpc) is 2.99. The first-order chi connectivity index (χ1) is 9.88. The van der Waals surface area contributed by atoms with Gasteiger partial charge in [-0.25, -0.2) is 4.98 Å². The molecule has 20 heavy (non-hydrogen) atoms. The summed E-state index contributed by atoms with van der Waals surface area (Å²) in [5.41, 5.74) is 0.925. The first kappa shape index (κ1) is 14.9. The van der Waals surface area contributed by atoms with Crippen molar-refractivity contribution in [3.8, 4) is 17.6 Å². The van der Waals surface area contributed by atoms with Gasteiger partial charge in [-0.05, 0) is 35.8 Å². The van der Waals surface area contributed by atoms with Crippen LogP contribution < -0.4 is 4.74 Å². The van der Waals surface area contributed by atoms with Gasteiger partial charge >= 0.3 is 0 Å². The Morgan fingerprint density at radius 3 is 2.85 bits per heavy atom. The Balaban J connectivity index is 1.72. The van der Waals surface area contributed by atoms with Crippen LogP contribution in [-0.4, -0.2) is 33.4 Å². The highest BCUT2D eigenvalue weighted by atomic mass is 32.2. The highest BCUT2D eigenvalue weighted by Crippen LogP contribution is 2.18. The molecule has 0 bridgehead atoms. The third-order valence-corrected chi connectivity index (χ3v) is 4.00. The van der Waals surface area contributed by atoms with Gasteiger partial charge in [0.05, 0.1) is 13.2 Å². The Labute approximate surface area is 126 Å². The van der Waals surface area contributed by atoms with Crippen LogP contribution in [0.25, 0.3) is 0 Å². The van der Waals surface area contributed by atoms with Gasteiger partial charge in [0.2, 0.25) is 0 Å². The second-order valence-corrected chi connectivity index (χ2v) is 5.83. The second kappa shape index (κ2) is 8.59. The van der Waals surface area contributed by atoms with Crippen molar-refractivity contribution >= 4 is 23.3 Å². The molecule has 0 radical (unpaired) electrons. The number of rotatable bonds is 6. The third-order valence-electron chi connectivity index (χ3n) is 2.24. The van der Waals surface area contributed by atoms with Crippen molar-refractivity contribution < 1.29 is 9.84 Å². The molecular formula is C14H14N2O2S2. The molecule has 0 aliphatic heterocycles. The van der Waals surface area contributed by atoms with E-state index in [0.29, 0.717) is 13.0 Å². The molecule has 0 saturated carbocycles. The zero-order valence-electron chi connectivity index (χ0n) is 10.8. The maximum atomic E-state index is 8.65. The summed E-state index contributed by atoms with van der Waals surface area (Å²) in [5, 5.41) is 8.65. The van der Waals surface area contributed by atoms with E-state index in [9.17, 15) is 0 Å². The summed E-state index contributed by atoms with van der Waals surface area (Å²) in [6, 6.07) is 7.63. The SMILES string of the molecule is OCCC#Cc1ccc(OCCSc2ncns2)cc1. The summed E-state index contributed by atoms with van der Waals surface area (Å²) in [4.78, 5) is 4.09. The molecule has 1 aromatic carbocycles. The molecule has 1 heterocycles. The molecule has 0 amide bonds. The fourth-order valence-electron chi connectivity index (χ4n) is 1.37. The molecule has 2 rings (SSSR count). The van der Waals surface area contributed by atoms with Crippen LogP contribution in [0, 0.1) is 11.8 Å². The lowest BCUT2D eigenvalue weighted by Gasteiger charge is -2.04. The molecule has 0 fully saturated rings. The first-order valence-corrected chi connectivity index (χ1v) is 7.86. The Morgan fingerprint density at radius 2 is 2.15 bits per heavy atom. The molecule has 0 aliphatic rings.